The summed E-state index contributed by atoms with van der Waals surface area (Å²) in [4.78, 5) is 16.6. The van der Waals surface area contributed by atoms with Gasteiger partial charge in [0.15, 0.2) is 0 Å². The number of carbonyl (C=O) groups excluding carboxylic acids is 1. The van der Waals surface area contributed by atoms with E-state index in [1.54, 1.807) is 12.1 Å². The number of hydrogen-bond donors (Lipinski definition) is 1. The second-order valence-electron chi connectivity index (χ2n) is 5.22. The zero-order chi connectivity index (χ0) is 17.6. The van der Waals surface area contributed by atoms with Crippen molar-refractivity contribution < 1.29 is 9.18 Å². The van der Waals surface area contributed by atoms with Gasteiger partial charge in [0.25, 0.3) is 0 Å². The maximum absolute atomic E-state index is 13.6. The van der Waals surface area contributed by atoms with Crippen LogP contribution in [0.4, 0.5) is 10.1 Å². The number of aromatic nitrogens is 1. The van der Waals surface area contributed by atoms with Crippen LogP contribution in [0.25, 0.3) is 0 Å². The van der Waals surface area contributed by atoms with Crippen molar-refractivity contribution in [3.8, 4) is 0 Å². The summed E-state index contributed by atoms with van der Waals surface area (Å²) >= 11 is 6.31. The third-order valence-corrected chi connectivity index (χ3v) is 5.90. The van der Waals surface area contributed by atoms with Crippen molar-refractivity contribution in [3.05, 3.63) is 75.5 Å². The monoisotopic (exact) mass is 436 g/mol. The van der Waals surface area contributed by atoms with E-state index in [1.807, 2.05) is 35.7 Å². The highest BCUT2D eigenvalue weighted by Crippen LogP contribution is 2.27. The average Bonchev–Trinajstić information content (AvgIpc) is 3.01. The molecule has 25 heavy (non-hydrogen) atoms. The third-order valence-electron chi connectivity index (χ3n) is 3.29. The molecule has 128 valence electrons. The number of thiazole rings is 1. The Hall–Kier alpha value is -1.70. The zero-order valence-corrected chi connectivity index (χ0v) is 16.3. The predicted molar refractivity (Wildman–Crippen MR) is 105 cm³/mol. The molecule has 1 N–H and O–H groups in total. The number of nitrogens with one attached hydrogen (secondary N) is 1. The number of amides is 1. The number of halogens is 2. The van der Waals surface area contributed by atoms with Gasteiger partial charge in [0.2, 0.25) is 5.91 Å². The van der Waals surface area contributed by atoms with Crippen molar-refractivity contribution in [2.45, 2.75) is 16.5 Å². The lowest BCUT2D eigenvalue weighted by atomic mass is 10.2. The lowest BCUT2D eigenvalue weighted by molar-refractivity contribution is -0.115. The molecule has 0 aliphatic heterocycles. The highest BCUT2D eigenvalue weighted by Gasteiger charge is 2.10. The molecule has 3 rings (SSSR count). The molecule has 0 atom stereocenters. The summed E-state index contributed by atoms with van der Waals surface area (Å²) in [6, 6.07) is 14.1. The number of hydrogen-bond acceptors (Lipinski definition) is 4. The fourth-order valence-electron chi connectivity index (χ4n) is 2.13. The molecule has 0 saturated carbocycles. The number of nitrogens with zero attached hydrogens (tertiary/aromatic N) is 1. The molecule has 0 aliphatic rings. The maximum atomic E-state index is 13.6. The fourth-order valence-corrected chi connectivity index (χ4v) is 4.36. The van der Waals surface area contributed by atoms with Crippen LogP contribution < -0.4 is 5.32 Å². The minimum absolute atomic E-state index is 0.117. The van der Waals surface area contributed by atoms with Crippen LogP contribution in [0.2, 0.25) is 0 Å². The Morgan fingerprint density at radius 2 is 2.08 bits per heavy atom. The van der Waals surface area contributed by atoms with Gasteiger partial charge in [0, 0.05) is 21.3 Å². The van der Waals surface area contributed by atoms with Crippen molar-refractivity contribution in [1.82, 2.24) is 4.98 Å². The van der Waals surface area contributed by atoms with Gasteiger partial charge in [-0.2, -0.15) is 0 Å². The summed E-state index contributed by atoms with van der Waals surface area (Å²) in [5.74, 6) is 0.193. The van der Waals surface area contributed by atoms with Crippen molar-refractivity contribution in [2.24, 2.45) is 0 Å². The van der Waals surface area contributed by atoms with Crippen LogP contribution in [0.5, 0.6) is 0 Å². The first-order valence-corrected chi connectivity index (χ1v) is 10.1. The summed E-state index contributed by atoms with van der Waals surface area (Å²) < 4.78 is 15.4. The maximum Gasteiger partial charge on any atom is 0.230 e. The quantitative estimate of drug-likeness (QED) is 0.517. The smallest absolute Gasteiger partial charge is 0.230 e. The third kappa shape index (κ3) is 5.39. The van der Waals surface area contributed by atoms with Gasteiger partial charge in [0.05, 0.1) is 12.1 Å². The van der Waals surface area contributed by atoms with Crippen molar-refractivity contribution in [1.29, 1.82) is 0 Å². The molecule has 7 heteroatoms. The van der Waals surface area contributed by atoms with Crippen molar-refractivity contribution in [2.75, 3.05) is 5.32 Å². The van der Waals surface area contributed by atoms with Crippen LogP contribution in [0.15, 0.2) is 62.7 Å². The number of benzene rings is 2. The topological polar surface area (TPSA) is 42.0 Å². The zero-order valence-electron chi connectivity index (χ0n) is 13.0. The van der Waals surface area contributed by atoms with E-state index < -0.39 is 0 Å². The Morgan fingerprint density at radius 3 is 2.88 bits per heavy atom. The number of rotatable bonds is 6. The van der Waals surface area contributed by atoms with Gasteiger partial charge in [-0.15, -0.1) is 11.3 Å². The van der Waals surface area contributed by atoms with Crippen molar-refractivity contribution >= 4 is 50.6 Å². The fraction of sp³-hybridized carbons (Fsp3) is 0.111. The molecule has 3 nitrogen and oxygen atoms in total. The number of anilines is 1. The molecule has 0 fully saturated rings. The van der Waals surface area contributed by atoms with Crippen LogP contribution in [0, 0.1) is 5.82 Å². The first-order chi connectivity index (χ1) is 12.1. The predicted octanol–water partition coefficient (Wildman–Crippen LogP) is 5.52. The number of carbonyl (C=O) groups is 1. The van der Waals surface area contributed by atoms with Crippen LogP contribution in [0.3, 0.4) is 0 Å². The molecule has 0 bridgehead atoms. The van der Waals surface area contributed by atoms with E-state index >= 15 is 0 Å². The van der Waals surface area contributed by atoms with Gasteiger partial charge in [-0.05, 0) is 29.8 Å². The minimum atomic E-state index is -0.208. The molecule has 0 saturated heterocycles. The molecule has 1 aromatic heterocycles. The summed E-state index contributed by atoms with van der Waals surface area (Å²) in [6.07, 6.45) is 0.212. The second-order valence-corrected chi connectivity index (χ2v) is 8.22. The van der Waals surface area contributed by atoms with Gasteiger partial charge in [-0.3, -0.25) is 4.79 Å². The molecule has 1 heterocycles. The highest BCUT2D eigenvalue weighted by atomic mass is 79.9. The van der Waals surface area contributed by atoms with E-state index in [9.17, 15) is 9.18 Å². The van der Waals surface area contributed by atoms with E-state index in [2.05, 4.69) is 26.2 Å². The van der Waals surface area contributed by atoms with E-state index in [0.29, 0.717) is 17.0 Å². The summed E-state index contributed by atoms with van der Waals surface area (Å²) in [5.41, 5.74) is 2.11. The van der Waals surface area contributed by atoms with E-state index in [-0.39, 0.29) is 18.1 Å². The first kappa shape index (κ1) is 18.1. The van der Waals surface area contributed by atoms with E-state index in [4.69, 9.17) is 0 Å². The minimum Gasteiger partial charge on any atom is -0.326 e. The van der Waals surface area contributed by atoms with Crippen molar-refractivity contribution in [3.63, 3.8) is 0 Å². The summed E-state index contributed by atoms with van der Waals surface area (Å²) in [5, 5.41) is 4.71. The molecule has 0 radical (unpaired) electrons. The molecule has 0 aliphatic carbocycles. The van der Waals surface area contributed by atoms with E-state index in [1.165, 1.54) is 29.2 Å². The van der Waals surface area contributed by atoms with Gasteiger partial charge in [-0.25, -0.2) is 9.37 Å². The standard InChI is InChI=1S/C18H14BrFN2OS2/c19-13-5-3-6-14(8-13)21-17(23)9-15-11-25-18(22-15)24-10-12-4-1-2-7-16(12)20/h1-8,11H,9-10H2,(H,21,23). The highest BCUT2D eigenvalue weighted by molar-refractivity contribution is 9.10. The molecule has 2 aromatic carbocycles. The van der Waals surface area contributed by atoms with Gasteiger partial charge in [-0.1, -0.05) is 52.0 Å². The Balaban J connectivity index is 1.54. The van der Waals surface area contributed by atoms with E-state index in [0.717, 1.165) is 14.5 Å². The molecule has 0 spiro atoms. The Morgan fingerprint density at radius 1 is 1.24 bits per heavy atom. The lowest BCUT2D eigenvalue weighted by Gasteiger charge is -2.04. The average molecular weight is 437 g/mol. The lowest BCUT2D eigenvalue weighted by Crippen LogP contribution is -2.14. The SMILES string of the molecule is O=C(Cc1csc(SCc2ccccc2F)n1)Nc1cccc(Br)c1. The van der Waals surface area contributed by atoms with Crippen LogP contribution >= 0.6 is 39.0 Å². The normalized spacial score (nSPS) is 10.6. The van der Waals surface area contributed by atoms with Gasteiger partial charge >= 0.3 is 0 Å². The summed E-state index contributed by atoms with van der Waals surface area (Å²) in [7, 11) is 0. The number of thioether (sulfide) groups is 1. The van der Waals surface area contributed by atoms with Crippen LogP contribution in [-0.2, 0) is 17.0 Å². The largest absolute Gasteiger partial charge is 0.326 e. The van der Waals surface area contributed by atoms with Crippen LogP contribution in [-0.4, -0.2) is 10.9 Å². The summed E-state index contributed by atoms with van der Waals surface area (Å²) in [6.45, 7) is 0. The first-order valence-electron chi connectivity index (χ1n) is 7.46. The van der Waals surface area contributed by atoms with Gasteiger partial charge in [0.1, 0.15) is 10.2 Å². The Bertz CT molecular complexity index is 885. The molecular formula is C18H14BrFN2OS2. The molecule has 1 amide bonds. The molecular weight excluding hydrogens is 423 g/mol. The van der Waals surface area contributed by atoms with Gasteiger partial charge < -0.3 is 5.32 Å². The molecule has 0 unspecified atom stereocenters. The van der Waals surface area contributed by atoms with Crippen LogP contribution in [0.1, 0.15) is 11.3 Å². The second kappa shape index (κ2) is 8.60. The molecule has 3 aromatic rings. The Kier molecular flexibility index (Phi) is 6.23. The Labute approximate surface area is 161 Å².